The van der Waals surface area contributed by atoms with Crippen molar-refractivity contribution in [2.24, 2.45) is 5.73 Å². The zero-order valence-corrected chi connectivity index (χ0v) is 11.0. The Kier molecular flexibility index (Phi) is 5.29. The molecule has 1 aromatic carbocycles. The van der Waals surface area contributed by atoms with Crippen LogP contribution < -0.4 is 15.2 Å². The molecule has 0 heterocycles. The Morgan fingerprint density at radius 3 is 2.24 bits per heavy atom. The quantitative estimate of drug-likeness (QED) is 0.793. The Hall–Kier alpha value is -1.22. The first kappa shape index (κ1) is 13.8. The molecule has 0 saturated heterocycles. The average Bonchev–Trinajstić information content (AvgIpc) is 2.31. The third kappa shape index (κ3) is 4.65. The standard InChI is InChI=1S/C14H23NO2/c1-4-14(3,15)10-11-17-13-9-7-6-8-12(13)16-5-2/h6-9H,4-5,10-11,15H2,1-3H3. The molecule has 0 radical (unpaired) electrons. The van der Waals surface area contributed by atoms with E-state index < -0.39 is 0 Å². The van der Waals surface area contributed by atoms with Gasteiger partial charge in [-0.15, -0.1) is 0 Å². The molecule has 1 aromatic rings. The van der Waals surface area contributed by atoms with E-state index in [4.69, 9.17) is 15.2 Å². The average molecular weight is 237 g/mol. The molecule has 0 aromatic heterocycles. The molecular formula is C14H23NO2. The second-order valence-electron chi connectivity index (χ2n) is 4.49. The van der Waals surface area contributed by atoms with Crippen LogP contribution in [0.25, 0.3) is 0 Å². The Bertz CT molecular complexity index is 337. The molecule has 3 nitrogen and oxygen atoms in total. The Morgan fingerprint density at radius 1 is 1.12 bits per heavy atom. The minimum atomic E-state index is -0.152. The largest absolute Gasteiger partial charge is 0.490 e. The van der Waals surface area contributed by atoms with Crippen molar-refractivity contribution < 1.29 is 9.47 Å². The van der Waals surface area contributed by atoms with Crippen LogP contribution in [-0.2, 0) is 0 Å². The van der Waals surface area contributed by atoms with Crippen LogP contribution in [0.4, 0.5) is 0 Å². The summed E-state index contributed by atoms with van der Waals surface area (Å²) in [4.78, 5) is 0. The highest BCUT2D eigenvalue weighted by atomic mass is 16.5. The zero-order valence-electron chi connectivity index (χ0n) is 11.0. The van der Waals surface area contributed by atoms with Gasteiger partial charge in [0.15, 0.2) is 11.5 Å². The van der Waals surface area contributed by atoms with Crippen molar-refractivity contribution in [3.63, 3.8) is 0 Å². The second kappa shape index (κ2) is 6.50. The zero-order chi connectivity index (χ0) is 12.7. The molecule has 2 N–H and O–H groups in total. The molecule has 0 saturated carbocycles. The predicted molar refractivity (Wildman–Crippen MR) is 70.6 cm³/mol. The van der Waals surface area contributed by atoms with Crippen molar-refractivity contribution in [2.45, 2.75) is 39.2 Å². The summed E-state index contributed by atoms with van der Waals surface area (Å²) in [5, 5.41) is 0. The maximum absolute atomic E-state index is 6.07. The van der Waals surface area contributed by atoms with E-state index in [0.717, 1.165) is 24.3 Å². The fraction of sp³-hybridized carbons (Fsp3) is 0.571. The van der Waals surface area contributed by atoms with Gasteiger partial charge in [-0.1, -0.05) is 19.1 Å². The summed E-state index contributed by atoms with van der Waals surface area (Å²) >= 11 is 0. The van der Waals surface area contributed by atoms with Crippen LogP contribution in [0.2, 0.25) is 0 Å². The van der Waals surface area contributed by atoms with Gasteiger partial charge in [-0.3, -0.25) is 0 Å². The Balaban J connectivity index is 2.51. The van der Waals surface area contributed by atoms with Crippen molar-refractivity contribution in [2.75, 3.05) is 13.2 Å². The van der Waals surface area contributed by atoms with Crippen molar-refractivity contribution in [1.29, 1.82) is 0 Å². The number of benzene rings is 1. The minimum Gasteiger partial charge on any atom is -0.490 e. The van der Waals surface area contributed by atoms with Crippen LogP contribution in [0.3, 0.4) is 0 Å². The van der Waals surface area contributed by atoms with Crippen molar-refractivity contribution in [3.05, 3.63) is 24.3 Å². The number of hydrogen-bond donors (Lipinski definition) is 1. The number of ether oxygens (including phenoxy) is 2. The van der Waals surface area contributed by atoms with Gasteiger partial charge in [0, 0.05) is 5.54 Å². The monoisotopic (exact) mass is 237 g/mol. The predicted octanol–water partition coefficient (Wildman–Crippen LogP) is 2.98. The van der Waals surface area contributed by atoms with E-state index in [9.17, 15) is 0 Å². The lowest BCUT2D eigenvalue weighted by atomic mass is 9.97. The highest BCUT2D eigenvalue weighted by Gasteiger charge is 2.15. The summed E-state index contributed by atoms with van der Waals surface area (Å²) in [7, 11) is 0. The molecule has 0 spiro atoms. The maximum atomic E-state index is 6.07. The molecule has 0 aliphatic rings. The number of nitrogens with two attached hydrogens (primary N) is 1. The highest BCUT2D eigenvalue weighted by Crippen LogP contribution is 2.26. The van der Waals surface area contributed by atoms with Gasteiger partial charge in [-0.25, -0.2) is 0 Å². The summed E-state index contributed by atoms with van der Waals surface area (Å²) in [6.45, 7) is 7.36. The molecule has 1 unspecified atom stereocenters. The van der Waals surface area contributed by atoms with E-state index in [1.807, 2.05) is 38.1 Å². The lowest BCUT2D eigenvalue weighted by molar-refractivity contribution is 0.244. The molecule has 1 rings (SSSR count). The van der Waals surface area contributed by atoms with Crippen LogP contribution in [0.15, 0.2) is 24.3 Å². The Labute approximate surface area is 104 Å². The molecule has 96 valence electrons. The van der Waals surface area contributed by atoms with Crippen LogP contribution in [0.1, 0.15) is 33.6 Å². The van der Waals surface area contributed by atoms with Crippen molar-refractivity contribution in [1.82, 2.24) is 0 Å². The first-order valence-corrected chi connectivity index (χ1v) is 6.22. The lowest BCUT2D eigenvalue weighted by Crippen LogP contribution is -2.36. The van der Waals surface area contributed by atoms with E-state index in [0.29, 0.717) is 13.2 Å². The minimum absolute atomic E-state index is 0.152. The summed E-state index contributed by atoms with van der Waals surface area (Å²) in [6, 6.07) is 7.72. The number of rotatable bonds is 7. The van der Waals surface area contributed by atoms with Crippen LogP contribution in [-0.4, -0.2) is 18.8 Å². The van der Waals surface area contributed by atoms with Gasteiger partial charge in [0.2, 0.25) is 0 Å². The first-order valence-electron chi connectivity index (χ1n) is 6.22. The van der Waals surface area contributed by atoms with Gasteiger partial charge in [0.1, 0.15) is 0 Å². The molecular weight excluding hydrogens is 214 g/mol. The van der Waals surface area contributed by atoms with Gasteiger partial charge in [0.25, 0.3) is 0 Å². The van der Waals surface area contributed by atoms with Gasteiger partial charge >= 0.3 is 0 Å². The summed E-state index contributed by atoms with van der Waals surface area (Å²) in [5.74, 6) is 1.59. The lowest BCUT2D eigenvalue weighted by Gasteiger charge is -2.22. The van der Waals surface area contributed by atoms with Crippen LogP contribution in [0, 0.1) is 0 Å². The second-order valence-corrected chi connectivity index (χ2v) is 4.49. The van der Waals surface area contributed by atoms with Gasteiger partial charge in [0.05, 0.1) is 13.2 Å². The highest BCUT2D eigenvalue weighted by molar-refractivity contribution is 5.39. The van der Waals surface area contributed by atoms with Crippen LogP contribution in [0.5, 0.6) is 11.5 Å². The first-order chi connectivity index (χ1) is 8.09. The molecule has 0 fully saturated rings. The normalized spacial score (nSPS) is 14.1. The van der Waals surface area contributed by atoms with E-state index in [1.165, 1.54) is 0 Å². The van der Waals surface area contributed by atoms with Gasteiger partial charge < -0.3 is 15.2 Å². The maximum Gasteiger partial charge on any atom is 0.161 e. The number of hydrogen-bond acceptors (Lipinski definition) is 3. The van der Waals surface area contributed by atoms with E-state index in [1.54, 1.807) is 0 Å². The molecule has 0 aliphatic carbocycles. The summed E-state index contributed by atoms with van der Waals surface area (Å²) in [5.41, 5.74) is 5.91. The molecule has 17 heavy (non-hydrogen) atoms. The van der Waals surface area contributed by atoms with Crippen molar-refractivity contribution in [3.8, 4) is 11.5 Å². The molecule has 1 atom stereocenters. The topological polar surface area (TPSA) is 44.5 Å². The van der Waals surface area contributed by atoms with E-state index in [2.05, 4.69) is 6.92 Å². The fourth-order valence-corrected chi connectivity index (χ4v) is 1.42. The van der Waals surface area contributed by atoms with Gasteiger partial charge in [-0.2, -0.15) is 0 Å². The molecule has 3 heteroatoms. The SMILES string of the molecule is CCOc1ccccc1OCCC(C)(N)CC. The third-order valence-electron chi connectivity index (χ3n) is 2.89. The summed E-state index contributed by atoms with van der Waals surface area (Å²) < 4.78 is 11.2. The molecule has 0 amide bonds. The smallest absolute Gasteiger partial charge is 0.161 e. The van der Waals surface area contributed by atoms with E-state index in [-0.39, 0.29) is 5.54 Å². The third-order valence-corrected chi connectivity index (χ3v) is 2.89. The molecule has 0 bridgehead atoms. The summed E-state index contributed by atoms with van der Waals surface area (Å²) in [6.07, 6.45) is 1.79. The van der Waals surface area contributed by atoms with Gasteiger partial charge in [-0.05, 0) is 38.8 Å². The fourth-order valence-electron chi connectivity index (χ4n) is 1.42. The van der Waals surface area contributed by atoms with Crippen molar-refractivity contribution >= 4 is 0 Å². The van der Waals surface area contributed by atoms with E-state index >= 15 is 0 Å². The Morgan fingerprint density at radius 2 is 1.71 bits per heavy atom. The van der Waals surface area contributed by atoms with Crippen LogP contribution >= 0.6 is 0 Å². The number of para-hydroxylation sites is 2. The molecule has 0 aliphatic heterocycles.